The number of carbonyl (C=O) groups excluding carboxylic acids is 2. The zero-order valence-electron chi connectivity index (χ0n) is 13.1. The van der Waals surface area contributed by atoms with Crippen LogP contribution >= 0.6 is 12.4 Å². The summed E-state index contributed by atoms with van der Waals surface area (Å²) in [7, 11) is 0. The summed E-state index contributed by atoms with van der Waals surface area (Å²) in [5, 5.41) is 2.71. The molecule has 0 spiro atoms. The van der Waals surface area contributed by atoms with Gasteiger partial charge >= 0.3 is 0 Å². The Balaban J connectivity index is 0.00000242. The minimum atomic E-state index is -0.100. The predicted octanol–water partition coefficient (Wildman–Crippen LogP) is 1.81. The SMILES string of the molecule is CC(=O)Nc1ccc(CC(=O)N2CCC(C)(CN)C2)cc1.Cl. The molecule has 1 heterocycles. The molecule has 2 amide bonds. The predicted molar refractivity (Wildman–Crippen MR) is 90.1 cm³/mol. The number of carbonyl (C=O) groups is 2. The Morgan fingerprint density at radius 1 is 1.32 bits per heavy atom. The largest absolute Gasteiger partial charge is 0.342 e. The van der Waals surface area contributed by atoms with Crippen molar-refractivity contribution in [1.82, 2.24) is 4.90 Å². The van der Waals surface area contributed by atoms with Crippen LogP contribution in [0.1, 0.15) is 25.8 Å². The van der Waals surface area contributed by atoms with Crippen molar-refractivity contribution < 1.29 is 9.59 Å². The molecular weight excluding hydrogens is 302 g/mol. The highest BCUT2D eigenvalue weighted by molar-refractivity contribution is 5.88. The van der Waals surface area contributed by atoms with E-state index in [9.17, 15) is 9.59 Å². The van der Waals surface area contributed by atoms with Gasteiger partial charge in [0.05, 0.1) is 6.42 Å². The van der Waals surface area contributed by atoms with Gasteiger partial charge in [-0.2, -0.15) is 0 Å². The van der Waals surface area contributed by atoms with E-state index in [1.165, 1.54) is 6.92 Å². The molecule has 1 aromatic rings. The quantitative estimate of drug-likeness (QED) is 0.886. The first kappa shape index (κ1) is 18.5. The van der Waals surface area contributed by atoms with Crippen LogP contribution in [-0.4, -0.2) is 36.3 Å². The first-order valence-corrected chi connectivity index (χ1v) is 7.26. The molecule has 1 unspecified atom stereocenters. The lowest BCUT2D eigenvalue weighted by atomic mass is 9.90. The fraction of sp³-hybridized carbons (Fsp3) is 0.500. The van der Waals surface area contributed by atoms with Gasteiger partial charge in [0.15, 0.2) is 0 Å². The van der Waals surface area contributed by atoms with Gasteiger partial charge in [-0.1, -0.05) is 19.1 Å². The maximum Gasteiger partial charge on any atom is 0.227 e. The Labute approximate surface area is 137 Å². The van der Waals surface area contributed by atoms with Crippen LogP contribution in [0.4, 0.5) is 5.69 Å². The van der Waals surface area contributed by atoms with E-state index in [-0.39, 0.29) is 29.6 Å². The fourth-order valence-electron chi connectivity index (χ4n) is 2.60. The van der Waals surface area contributed by atoms with E-state index < -0.39 is 0 Å². The lowest BCUT2D eigenvalue weighted by Crippen LogP contribution is -2.35. The van der Waals surface area contributed by atoms with Gasteiger partial charge in [-0.05, 0) is 36.1 Å². The van der Waals surface area contributed by atoms with Crippen LogP contribution in [0, 0.1) is 5.41 Å². The second kappa shape index (κ2) is 7.61. The van der Waals surface area contributed by atoms with Crippen molar-refractivity contribution in [3.05, 3.63) is 29.8 Å². The number of anilines is 1. The summed E-state index contributed by atoms with van der Waals surface area (Å²) in [6.07, 6.45) is 1.36. The van der Waals surface area contributed by atoms with Crippen LogP contribution in [0.25, 0.3) is 0 Å². The van der Waals surface area contributed by atoms with E-state index in [0.717, 1.165) is 30.8 Å². The van der Waals surface area contributed by atoms with Gasteiger partial charge in [0.25, 0.3) is 0 Å². The topological polar surface area (TPSA) is 75.4 Å². The molecule has 22 heavy (non-hydrogen) atoms. The number of amides is 2. The van der Waals surface area contributed by atoms with E-state index >= 15 is 0 Å². The summed E-state index contributed by atoms with van der Waals surface area (Å²) in [4.78, 5) is 25.2. The van der Waals surface area contributed by atoms with Crippen molar-refractivity contribution in [2.24, 2.45) is 11.1 Å². The molecule has 1 saturated heterocycles. The molecule has 0 radical (unpaired) electrons. The van der Waals surface area contributed by atoms with Crippen LogP contribution in [-0.2, 0) is 16.0 Å². The number of nitrogens with two attached hydrogens (primary N) is 1. The smallest absolute Gasteiger partial charge is 0.227 e. The summed E-state index contributed by atoms with van der Waals surface area (Å²) < 4.78 is 0. The number of nitrogens with one attached hydrogen (secondary N) is 1. The third-order valence-corrected chi connectivity index (χ3v) is 4.03. The van der Waals surface area contributed by atoms with Crippen LogP contribution in [0.2, 0.25) is 0 Å². The molecule has 3 N–H and O–H groups in total. The summed E-state index contributed by atoms with van der Waals surface area (Å²) >= 11 is 0. The van der Waals surface area contributed by atoms with E-state index in [0.29, 0.717) is 13.0 Å². The van der Waals surface area contributed by atoms with E-state index in [1.807, 2.05) is 29.2 Å². The number of hydrogen-bond acceptors (Lipinski definition) is 3. The molecular formula is C16H24ClN3O2. The third-order valence-electron chi connectivity index (χ3n) is 4.03. The highest BCUT2D eigenvalue weighted by Gasteiger charge is 2.34. The number of benzene rings is 1. The Morgan fingerprint density at radius 3 is 2.45 bits per heavy atom. The minimum Gasteiger partial charge on any atom is -0.342 e. The molecule has 2 rings (SSSR count). The maximum atomic E-state index is 12.3. The van der Waals surface area contributed by atoms with Gasteiger partial charge in [-0.25, -0.2) is 0 Å². The Hall–Kier alpha value is -1.59. The van der Waals surface area contributed by atoms with Crippen molar-refractivity contribution in [3.8, 4) is 0 Å². The van der Waals surface area contributed by atoms with Crippen molar-refractivity contribution in [3.63, 3.8) is 0 Å². The number of rotatable bonds is 4. The number of likely N-dealkylation sites (tertiary alicyclic amines) is 1. The highest BCUT2D eigenvalue weighted by Crippen LogP contribution is 2.28. The molecule has 1 fully saturated rings. The summed E-state index contributed by atoms with van der Waals surface area (Å²) in [5.74, 6) is 0.0383. The van der Waals surface area contributed by atoms with Crippen LogP contribution < -0.4 is 11.1 Å². The van der Waals surface area contributed by atoms with Gasteiger partial charge in [0.2, 0.25) is 11.8 Å². The third kappa shape index (κ3) is 4.71. The molecule has 1 aliphatic rings. The molecule has 0 aliphatic carbocycles. The van der Waals surface area contributed by atoms with E-state index in [2.05, 4.69) is 12.2 Å². The lowest BCUT2D eigenvalue weighted by Gasteiger charge is -2.22. The first-order chi connectivity index (χ1) is 9.92. The lowest BCUT2D eigenvalue weighted by molar-refractivity contribution is -0.129. The minimum absolute atomic E-state index is 0. The van der Waals surface area contributed by atoms with E-state index in [4.69, 9.17) is 5.73 Å². The van der Waals surface area contributed by atoms with Crippen molar-refractivity contribution in [1.29, 1.82) is 0 Å². The van der Waals surface area contributed by atoms with Gasteiger partial charge in [-0.15, -0.1) is 12.4 Å². The molecule has 122 valence electrons. The van der Waals surface area contributed by atoms with Crippen LogP contribution in [0.3, 0.4) is 0 Å². The Morgan fingerprint density at radius 2 is 1.95 bits per heavy atom. The number of hydrogen-bond donors (Lipinski definition) is 2. The maximum absolute atomic E-state index is 12.3. The zero-order chi connectivity index (χ0) is 15.5. The molecule has 0 bridgehead atoms. The van der Waals surface area contributed by atoms with Crippen LogP contribution in [0.15, 0.2) is 24.3 Å². The normalized spacial score (nSPS) is 20.4. The van der Waals surface area contributed by atoms with Gasteiger partial charge < -0.3 is 16.0 Å². The average Bonchev–Trinajstić information content (AvgIpc) is 2.84. The zero-order valence-corrected chi connectivity index (χ0v) is 13.9. The summed E-state index contributed by atoms with van der Waals surface area (Å²) in [6, 6.07) is 7.39. The van der Waals surface area contributed by atoms with Crippen molar-refractivity contribution in [2.75, 3.05) is 25.0 Å². The first-order valence-electron chi connectivity index (χ1n) is 7.26. The summed E-state index contributed by atoms with van der Waals surface area (Å²) in [6.45, 7) is 5.74. The Kier molecular flexibility index (Phi) is 6.38. The molecule has 6 heteroatoms. The monoisotopic (exact) mass is 325 g/mol. The molecule has 5 nitrogen and oxygen atoms in total. The van der Waals surface area contributed by atoms with Gasteiger partial charge in [0, 0.05) is 25.7 Å². The van der Waals surface area contributed by atoms with Gasteiger partial charge in [-0.3, -0.25) is 9.59 Å². The van der Waals surface area contributed by atoms with E-state index in [1.54, 1.807) is 0 Å². The molecule has 0 saturated carbocycles. The van der Waals surface area contributed by atoms with Crippen LogP contribution in [0.5, 0.6) is 0 Å². The molecule has 0 aromatic heterocycles. The average molecular weight is 326 g/mol. The standard InChI is InChI=1S/C16H23N3O2.ClH/c1-12(20)18-14-5-3-13(4-6-14)9-15(21)19-8-7-16(2,10-17)11-19;/h3-6H,7-11,17H2,1-2H3,(H,18,20);1H. The summed E-state index contributed by atoms with van der Waals surface area (Å²) in [5.41, 5.74) is 7.53. The fourth-order valence-corrected chi connectivity index (χ4v) is 2.60. The second-order valence-corrected chi connectivity index (χ2v) is 6.13. The van der Waals surface area contributed by atoms with Crippen molar-refractivity contribution >= 4 is 29.9 Å². The van der Waals surface area contributed by atoms with Gasteiger partial charge in [0.1, 0.15) is 0 Å². The van der Waals surface area contributed by atoms with Crippen molar-refractivity contribution in [2.45, 2.75) is 26.7 Å². The highest BCUT2D eigenvalue weighted by atomic mass is 35.5. The Bertz CT molecular complexity index is 533. The number of nitrogens with zero attached hydrogens (tertiary/aromatic N) is 1. The number of halogens is 1. The molecule has 1 aromatic carbocycles. The molecule has 1 atom stereocenters. The second-order valence-electron chi connectivity index (χ2n) is 6.13. The molecule has 1 aliphatic heterocycles.